The van der Waals surface area contributed by atoms with Crippen molar-refractivity contribution in [2.24, 2.45) is 0 Å². The van der Waals surface area contributed by atoms with E-state index in [0.29, 0.717) is 21.5 Å². The average Bonchev–Trinajstić information content (AvgIpc) is 3.18. The van der Waals surface area contributed by atoms with Crippen molar-refractivity contribution in [3.05, 3.63) is 45.7 Å². The lowest BCUT2D eigenvalue weighted by Gasteiger charge is -2.09. The molecule has 0 saturated heterocycles. The Kier molecular flexibility index (Phi) is 5.98. The number of aryl methyl sites for hydroxylation is 3. The molecule has 3 aromatic rings. The molecule has 0 fully saturated rings. The second-order valence-corrected chi connectivity index (χ2v) is 8.28. The van der Waals surface area contributed by atoms with E-state index in [2.05, 4.69) is 10.3 Å². The first-order valence-corrected chi connectivity index (χ1v) is 10.2. The van der Waals surface area contributed by atoms with Gasteiger partial charge in [0.2, 0.25) is 5.91 Å². The quantitative estimate of drug-likeness (QED) is 0.603. The number of thiazole rings is 1. The van der Waals surface area contributed by atoms with Crippen LogP contribution >= 0.6 is 11.3 Å². The zero-order chi connectivity index (χ0) is 22.2. The molecule has 0 saturated carbocycles. The van der Waals surface area contributed by atoms with Gasteiger partial charge in [0.05, 0.1) is 12.8 Å². The molecule has 7 nitrogen and oxygen atoms in total. The Labute approximate surface area is 179 Å². The van der Waals surface area contributed by atoms with E-state index in [0.717, 1.165) is 44.8 Å². The summed E-state index contributed by atoms with van der Waals surface area (Å²) in [6.45, 7) is 7.52. The summed E-state index contributed by atoms with van der Waals surface area (Å²) in [7, 11) is 4.95. The number of carbonyl (C=O) groups is 2. The van der Waals surface area contributed by atoms with Crippen molar-refractivity contribution in [1.82, 2.24) is 9.88 Å². The normalized spacial score (nSPS) is 11.6. The predicted molar refractivity (Wildman–Crippen MR) is 119 cm³/mol. The number of aromatic nitrogens is 1. The molecule has 2 aromatic heterocycles. The van der Waals surface area contributed by atoms with Crippen LogP contribution in [0.5, 0.6) is 5.75 Å². The van der Waals surface area contributed by atoms with E-state index < -0.39 is 0 Å². The van der Waals surface area contributed by atoms with Crippen LogP contribution in [0.1, 0.15) is 39.2 Å². The number of hydrogen-bond acceptors (Lipinski definition) is 6. The van der Waals surface area contributed by atoms with Gasteiger partial charge in [-0.15, -0.1) is 0 Å². The van der Waals surface area contributed by atoms with Crippen molar-refractivity contribution in [1.29, 1.82) is 0 Å². The van der Waals surface area contributed by atoms with Crippen LogP contribution in [-0.2, 0) is 4.79 Å². The molecule has 0 spiro atoms. The van der Waals surface area contributed by atoms with Gasteiger partial charge in [0.25, 0.3) is 5.91 Å². The number of methoxy groups -OCH3 is 1. The average molecular weight is 428 g/mol. The highest BCUT2D eigenvalue weighted by molar-refractivity contribution is 7.17. The molecule has 3 rings (SSSR count). The van der Waals surface area contributed by atoms with Crippen molar-refractivity contribution in [2.45, 2.75) is 27.7 Å². The highest BCUT2D eigenvalue weighted by Gasteiger charge is 2.18. The number of nitrogens with one attached hydrogen (secondary N) is 1. The van der Waals surface area contributed by atoms with E-state index in [4.69, 9.17) is 9.15 Å². The SMILES string of the molecule is COc1cc2oc(C)c(C)c2cc1/C(C)=C/C(=O)Nc1nc(C)c(C(=O)N(C)C)s1. The molecule has 0 aliphatic rings. The topological polar surface area (TPSA) is 84.7 Å². The molecule has 0 aliphatic heterocycles. The van der Waals surface area contributed by atoms with Crippen LogP contribution in [0.4, 0.5) is 5.13 Å². The maximum Gasteiger partial charge on any atom is 0.265 e. The van der Waals surface area contributed by atoms with E-state index in [1.165, 1.54) is 11.0 Å². The minimum atomic E-state index is -0.327. The highest BCUT2D eigenvalue weighted by atomic mass is 32.1. The highest BCUT2D eigenvalue weighted by Crippen LogP contribution is 2.35. The lowest BCUT2D eigenvalue weighted by atomic mass is 10.0. The van der Waals surface area contributed by atoms with Crippen molar-refractivity contribution >= 4 is 44.8 Å². The Morgan fingerprint density at radius 3 is 2.57 bits per heavy atom. The summed E-state index contributed by atoms with van der Waals surface area (Å²) in [5.41, 5.74) is 3.94. The number of anilines is 1. The Morgan fingerprint density at radius 1 is 1.23 bits per heavy atom. The summed E-state index contributed by atoms with van der Waals surface area (Å²) in [5.74, 6) is 1.01. The zero-order valence-electron chi connectivity index (χ0n) is 18.2. The fourth-order valence-corrected chi connectivity index (χ4v) is 4.10. The van der Waals surface area contributed by atoms with Crippen molar-refractivity contribution < 1.29 is 18.7 Å². The minimum Gasteiger partial charge on any atom is -0.496 e. The molecule has 30 heavy (non-hydrogen) atoms. The molecule has 158 valence electrons. The van der Waals surface area contributed by atoms with Crippen LogP contribution < -0.4 is 10.1 Å². The molecule has 0 atom stereocenters. The smallest absolute Gasteiger partial charge is 0.265 e. The van der Waals surface area contributed by atoms with Crippen LogP contribution in [0.25, 0.3) is 16.5 Å². The van der Waals surface area contributed by atoms with Crippen LogP contribution in [0, 0.1) is 20.8 Å². The molecule has 0 unspecified atom stereocenters. The number of fused-ring (bicyclic) bond motifs is 1. The summed E-state index contributed by atoms with van der Waals surface area (Å²) < 4.78 is 11.3. The second kappa shape index (κ2) is 8.31. The Balaban J connectivity index is 1.88. The summed E-state index contributed by atoms with van der Waals surface area (Å²) in [4.78, 5) is 31.1. The third kappa shape index (κ3) is 4.09. The number of benzene rings is 1. The standard InChI is InChI=1S/C22H25N3O4S/c1-11(15-9-16-12(2)14(4)29-18(16)10-17(15)28-7)8-19(26)24-22-23-13(3)20(30-22)21(27)25(5)6/h8-10H,1-7H3,(H,23,24,26)/b11-8+. The summed E-state index contributed by atoms with van der Waals surface area (Å²) in [6, 6.07) is 3.81. The largest absolute Gasteiger partial charge is 0.496 e. The van der Waals surface area contributed by atoms with Crippen molar-refractivity contribution in [2.75, 3.05) is 26.5 Å². The van der Waals surface area contributed by atoms with Gasteiger partial charge in [-0.05, 0) is 44.9 Å². The molecule has 1 aromatic carbocycles. The third-order valence-corrected chi connectivity index (χ3v) is 5.96. The number of amides is 2. The molecule has 2 amide bonds. The monoisotopic (exact) mass is 427 g/mol. The first kappa shape index (κ1) is 21.6. The van der Waals surface area contributed by atoms with Gasteiger partial charge in [-0.25, -0.2) is 4.98 Å². The lowest BCUT2D eigenvalue weighted by molar-refractivity contribution is -0.111. The first-order chi connectivity index (χ1) is 14.1. The lowest BCUT2D eigenvalue weighted by Crippen LogP contribution is -2.21. The van der Waals surface area contributed by atoms with Gasteiger partial charge < -0.3 is 14.1 Å². The fraction of sp³-hybridized carbons (Fsp3) is 0.318. The number of hydrogen-bond donors (Lipinski definition) is 1. The molecule has 0 radical (unpaired) electrons. The number of ether oxygens (including phenoxy) is 1. The van der Waals surface area contributed by atoms with Crippen molar-refractivity contribution in [3.8, 4) is 5.75 Å². The Bertz CT molecular complexity index is 1170. The summed E-state index contributed by atoms with van der Waals surface area (Å²) in [6.07, 6.45) is 1.50. The fourth-order valence-electron chi connectivity index (χ4n) is 3.11. The van der Waals surface area contributed by atoms with Crippen LogP contribution in [0.3, 0.4) is 0 Å². The minimum absolute atomic E-state index is 0.138. The van der Waals surface area contributed by atoms with Crippen LogP contribution in [0.15, 0.2) is 22.6 Å². The number of carbonyl (C=O) groups excluding carboxylic acids is 2. The molecular formula is C22H25N3O4S. The number of rotatable bonds is 5. The second-order valence-electron chi connectivity index (χ2n) is 7.28. The predicted octanol–water partition coefficient (Wildman–Crippen LogP) is 4.57. The van der Waals surface area contributed by atoms with Gasteiger partial charge in [0, 0.05) is 37.2 Å². The van der Waals surface area contributed by atoms with Crippen LogP contribution in [-0.4, -0.2) is 42.9 Å². The summed E-state index contributed by atoms with van der Waals surface area (Å²) >= 11 is 1.16. The molecule has 0 bridgehead atoms. The number of furan rings is 1. The van der Waals surface area contributed by atoms with Gasteiger partial charge in [-0.1, -0.05) is 11.3 Å². The van der Waals surface area contributed by atoms with Gasteiger partial charge in [-0.3, -0.25) is 14.9 Å². The van der Waals surface area contributed by atoms with Gasteiger partial charge >= 0.3 is 0 Å². The van der Waals surface area contributed by atoms with Crippen LogP contribution in [0.2, 0.25) is 0 Å². The maximum absolute atomic E-state index is 12.6. The molecule has 0 aliphatic carbocycles. The van der Waals surface area contributed by atoms with Gasteiger partial charge in [0.15, 0.2) is 5.13 Å². The number of nitrogens with zero attached hydrogens (tertiary/aromatic N) is 2. The Morgan fingerprint density at radius 2 is 1.93 bits per heavy atom. The summed E-state index contributed by atoms with van der Waals surface area (Å²) in [5, 5.41) is 4.12. The van der Waals surface area contributed by atoms with Crippen molar-refractivity contribution in [3.63, 3.8) is 0 Å². The zero-order valence-corrected chi connectivity index (χ0v) is 19.0. The van der Waals surface area contributed by atoms with E-state index in [1.807, 2.05) is 32.9 Å². The molecule has 1 N–H and O–H groups in total. The van der Waals surface area contributed by atoms with E-state index >= 15 is 0 Å². The molecule has 2 heterocycles. The first-order valence-electron chi connectivity index (χ1n) is 9.38. The maximum atomic E-state index is 12.6. The molecular weight excluding hydrogens is 402 g/mol. The number of allylic oxidation sites excluding steroid dienone is 1. The van der Waals surface area contributed by atoms with Gasteiger partial charge in [-0.2, -0.15) is 0 Å². The van der Waals surface area contributed by atoms with Gasteiger partial charge in [0.1, 0.15) is 22.0 Å². The molecule has 8 heteroatoms. The Hall–Kier alpha value is -3.13. The van der Waals surface area contributed by atoms with E-state index in [1.54, 1.807) is 28.1 Å². The van der Waals surface area contributed by atoms with E-state index in [9.17, 15) is 9.59 Å². The third-order valence-electron chi connectivity index (χ3n) is 4.90. The van der Waals surface area contributed by atoms with E-state index in [-0.39, 0.29) is 11.8 Å².